The molecule has 3 aromatic carbocycles. The molecule has 248 valence electrons. The predicted molar refractivity (Wildman–Crippen MR) is 181 cm³/mol. The fourth-order valence-corrected chi connectivity index (χ4v) is 5.66. The van der Waals surface area contributed by atoms with Gasteiger partial charge in [-0.2, -0.15) is 0 Å². The Morgan fingerprint density at radius 2 is 1.49 bits per heavy atom. The molecule has 0 saturated heterocycles. The van der Waals surface area contributed by atoms with Gasteiger partial charge in [0.25, 0.3) is 0 Å². The summed E-state index contributed by atoms with van der Waals surface area (Å²) in [6, 6.07) is 22.0. The third-order valence-electron chi connectivity index (χ3n) is 7.30. The molecule has 0 saturated carbocycles. The van der Waals surface area contributed by atoms with E-state index in [-0.39, 0.29) is 17.9 Å². The minimum Gasteiger partial charge on any atom is -0.482 e. The average Bonchev–Trinajstić information content (AvgIpc) is 3.02. The molecule has 5 N–H and O–H groups in total. The molecule has 0 heterocycles. The lowest BCUT2D eigenvalue weighted by Gasteiger charge is -2.36. The van der Waals surface area contributed by atoms with Crippen LogP contribution in [0.3, 0.4) is 0 Å². The van der Waals surface area contributed by atoms with E-state index < -0.39 is 48.4 Å². The lowest BCUT2D eigenvalue weighted by Crippen LogP contribution is -2.51. The van der Waals surface area contributed by atoms with Crippen molar-refractivity contribution in [3.8, 4) is 5.75 Å². The van der Waals surface area contributed by atoms with Gasteiger partial charge in [0.1, 0.15) is 17.9 Å². The highest BCUT2D eigenvalue weighted by molar-refractivity contribution is 7.98. The molecular formula is C35H40N4O7S. The number of nitrogens with two attached hydrogens (primary N) is 1. The Balaban J connectivity index is 1.69. The molecule has 3 aromatic rings. The minimum absolute atomic E-state index is 0.0791. The lowest BCUT2D eigenvalue weighted by molar-refractivity contribution is -0.126. The summed E-state index contributed by atoms with van der Waals surface area (Å²) < 4.78 is 18.1. The fraction of sp³-hybridized carbons (Fsp3) is 0.314. The van der Waals surface area contributed by atoms with Gasteiger partial charge in [-0.15, -0.1) is 11.8 Å². The van der Waals surface area contributed by atoms with Crippen molar-refractivity contribution in [3.05, 3.63) is 96.1 Å². The smallest absolute Gasteiger partial charge is 0.412 e. The van der Waals surface area contributed by atoms with Gasteiger partial charge in [-0.3, -0.25) is 20.2 Å². The quantitative estimate of drug-likeness (QED) is 0.171. The largest absolute Gasteiger partial charge is 0.482 e. The Labute approximate surface area is 278 Å². The van der Waals surface area contributed by atoms with E-state index in [0.717, 1.165) is 10.5 Å². The van der Waals surface area contributed by atoms with E-state index in [9.17, 15) is 19.2 Å². The summed E-state index contributed by atoms with van der Waals surface area (Å²) in [6.45, 7) is 5.76. The van der Waals surface area contributed by atoms with Crippen LogP contribution < -0.4 is 26.4 Å². The molecule has 4 atom stereocenters. The van der Waals surface area contributed by atoms with Gasteiger partial charge in [0.15, 0.2) is 12.2 Å². The molecule has 47 heavy (non-hydrogen) atoms. The number of ether oxygens (including phenoxy) is 3. The van der Waals surface area contributed by atoms with E-state index in [4.69, 9.17) is 19.9 Å². The highest BCUT2D eigenvalue weighted by Gasteiger charge is 2.42. The highest BCUT2D eigenvalue weighted by Crippen LogP contribution is 2.31. The van der Waals surface area contributed by atoms with Crippen LogP contribution in [0.25, 0.3) is 0 Å². The first kappa shape index (κ1) is 34.9. The van der Waals surface area contributed by atoms with Crippen molar-refractivity contribution >= 4 is 47.1 Å². The molecule has 4 amide bonds. The van der Waals surface area contributed by atoms with Crippen molar-refractivity contribution in [2.45, 2.75) is 62.9 Å². The molecule has 0 aromatic heterocycles. The Morgan fingerprint density at radius 1 is 0.894 bits per heavy atom. The van der Waals surface area contributed by atoms with Gasteiger partial charge in [-0.1, -0.05) is 50.2 Å². The fourth-order valence-electron chi connectivity index (χ4n) is 5.08. The lowest BCUT2D eigenvalue weighted by atomic mass is 9.90. The summed E-state index contributed by atoms with van der Waals surface area (Å²) in [5.41, 5.74) is 7.70. The molecule has 4 rings (SSSR count). The molecule has 1 aliphatic carbocycles. The van der Waals surface area contributed by atoms with E-state index in [1.54, 1.807) is 72.4 Å². The third-order valence-corrected chi connectivity index (χ3v) is 8.20. The topological polar surface area (TPSA) is 158 Å². The van der Waals surface area contributed by atoms with Crippen molar-refractivity contribution in [2.75, 3.05) is 16.9 Å². The van der Waals surface area contributed by atoms with Crippen molar-refractivity contribution in [1.82, 2.24) is 5.32 Å². The van der Waals surface area contributed by atoms with E-state index in [2.05, 4.69) is 16.0 Å². The van der Waals surface area contributed by atoms with Gasteiger partial charge in [0, 0.05) is 28.3 Å². The number of carbonyl (C=O) groups is 4. The number of rotatable bonds is 12. The number of hydrogen-bond acceptors (Lipinski definition) is 8. The van der Waals surface area contributed by atoms with E-state index in [1.807, 2.05) is 45.2 Å². The van der Waals surface area contributed by atoms with Crippen LogP contribution >= 0.6 is 11.8 Å². The first-order valence-electron chi connectivity index (χ1n) is 15.2. The molecule has 11 nitrogen and oxygen atoms in total. The molecule has 4 unspecified atom stereocenters. The number of anilines is 2. The van der Waals surface area contributed by atoms with Crippen molar-refractivity contribution in [2.24, 2.45) is 11.7 Å². The minimum atomic E-state index is -1.18. The van der Waals surface area contributed by atoms with Crippen molar-refractivity contribution in [1.29, 1.82) is 0 Å². The van der Waals surface area contributed by atoms with Gasteiger partial charge in [0.2, 0.25) is 11.8 Å². The van der Waals surface area contributed by atoms with Gasteiger partial charge >= 0.3 is 12.2 Å². The molecule has 0 radical (unpaired) electrons. The van der Waals surface area contributed by atoms with Crippen LogP contribution in [-0.4, -0.2) is 54.6 Å². The Morgan fingerprint density at radius 3 is 2.02 bits per heavy atom. The number of carbonyl (C=O) groups excluding carboxylic acids is 4. The number of primary amides is 1. The maximum Gasteiger partial charge on any atom is 0.412 e. The van der Waals surface area contributed by atoms with Crippen LogP contribution in [0.4, 0.5) is 21.0 Å². The molecular weight excluding hydrogens is 620 g/mol. The van der Waals surface area contributed by atoms with E-state index >= 15 is 0 Å². The SMILES string of the molecule is CSc1ccc(OC2C=C(C(=O)NC(CC(C)C)C(N)=O)CC(OC(=O)Nc3ccccc3)C2OC(=O)Nc2ccccc2)cc1C. The Hall–Kier alpha value is -4.97. The average molecular weight is 661 g/mol. The summed E-state index contributed by atoms with van der Waals surface area (Å²) in [4.78, 5) is 53.1. The number of amides is 4. The molecule has 12 heteroatoms. The number of para-hydroxylation sites is 2. The monoisotopic (exact) mass is 660 g/mol. The van der Waals surface area contributed by atoms with Crippen LogP contribution in [-0.2, 0) is 19.1 Å². The Kier molecular flexibility index (Phi) is 12.3. The third kappa shape index (κ3) is 10.3. The second kappa shape index (κ2) is 16.5. The first-order valence-corrected chi connectivity index (χ1v) is 16.4. The summed E-state index contributed by atoms with van der Waals surface area (Å²) >= 11 is 1.58. The molecule has 0 bridgehead atoms. The molecule has 1 aliphatic rings. The second-order valence-electron chi connectivity index (χ2n) is 11.5. The first-order chi connectivity index (χ1) is 22.5. The standard InChI is InChI=1S/C35H40N4O7S/c1-21(2)17-27(32(36)40)39-33(41)23-19-28(44-26-15-16-30(47-4)22(3)18-26)31(46-35(43)38-25-13-9-6-10-14-25)29(20-23)45-34(42)37-24-11-7-5-8-12-24/h5-16,18-19,21,27-29,31H,17,20H2,1-4H3,(H2,36,40)(H,37,42)(H,38,43)(H,39,41). The highest BCUT2D eigenvalue weighted by atomic mass is 32.2. The van der Waals surface area contributed by atoms with Crippen LogP contribution in [0.15, 0.2) is 95.4 Å². The van der Waals surface area contributed by atoms with Gasteiger partial charge < -0.3 is 25.3 Å². The zero-order chi connectivity index (χ0) is 33.9. The maximum atomic E-state index is 13.6. The van der Waals surface area contributed by atoms with Crippen LogP contribution in [0.2, 0.25) is 0 Å². The number of nitrogens with one attached hydrogen (secondary N) is 3. The van der Waals surface area contributed by atoms with Crippen LogP contribution in [0.1, 0.15) is 32.3 Å². The molecule has 0 fully saturated rings. The number of thioether (sulfide) groups is 1. The van der Waals surface area contributed by atoms with Gasteiger partial charge in [-0.05, 0) is 79.6 Å². The normalized spacial score (nSPS) is 17.9. The van der Waals surface area contributed by atoms with E-state index in [0.29, 0.717) is 23.5 Å². The van der Waals surface area contributed by atoms with Crippen LogP contribution in [0, 0.1) is 12.8 Å². The second-order valence-corrected chi connectivity index (χ2v) is 12.3. The maximum absolute atomic E-state index is 13.6. The molecule has 0 aliphatic heterocycles. The van der Waals surface area contributed by atoms with Crippen molar-refractivity contribution < 1.29 is 33.4 Å². The van der Waals surface area contributed by atoms with Gasteiger partial charge in [-0.25, -0.2) is 9.59 Å². The molecule has 0 spiro atoms. The summed E-state index contributed by atoms with van der Waals surface area (Å²) in [5, 5.41) is 8.05. The summed E-state index contributed by atoms with van der Waals surface area (Å²) in [5.74, 6) is -0.728. The van der Waals surface area contributed by atoms with Gasteiger partial charge in [0.05, 0.1) is 0 Å². The van der Waals surface area contributed by atoms with E-state index in [1.165, 1.54) is 6.08 Å². The number of aryl methyl sites for hydroxylation is 1. The zero-order valence-electron chi connectivity index (χ0n) is 26.7. The summed E-state index contributed by atoms with van der Waals surface area (Å²) in [7, 11) is 0. The van der Waals surface area contributed by atoms with Crippen molar-refractivity contribution in [3.63, 3.8) is 0 Å². The predicted octanol–water partition coefficient (Wildman–Crippen LogP) is 6.05. The Bertz CT molecular complexity index is 1580. The number of hydrogen-bond donors (Lipinski definition) is 4. The number of benzene rings is 3. The zero-order valence-corrected chi connectivity index (χ0v) is 27.5. The van der Waals surface area contributed by atoms with Crippen LogP contribution in [0.5, 0.6) is 5.75 Å². The summed E-state index contributed by atoms with van der Waals surface area (Å²) in [6.07, 6.45) is -1.38.